The largest absolute Gasteiger partial charge is 0.396 e. The first kappa shape index (κ1) is 17.1. The Labute approximate surface area is 124 Å². The van der Waals surface area contributed by atoms with Crippen LogP contribution in [0.2, 0.25) is 0 Å². The van der Waals surface area contributed by atoms with E-state index in [0.717, 1.165) is 12.8 Å². The predicted molar refractivity (Wildman–Crippen MR) is 79.9 cm³/mol. The first-order valence-corrected chi connectivity index (χ1v) is 6.95. The van der Waals surface area contributed by atoms with E-state index >= 15 is 0 Å². The minimum absolute atomic E-state index is 0.00926. The Hall–Kier alpha value is -1.95. The summed E-state index contributed by atoms with van der Waals surface area (Å²) in [5, 5.41) is 22.6. The summed E-state index contributed by atoms with van der Waals surface area (Å²) < 4.78 is 0. The number of aliphatic hydroxyl groups is 1. The lowest BCUT2D eigenvalue weighted by Crippen LogP contribution is -2.27. The third kappa shape index (κ3) is 6.35. The lowest BCUT2D eigenvalue weighted by molar-refractivity contribution is -0.384. The molecule has 0 atom stereocenters. The zero-order valence-electron chi connectivity index (χ0n) is 12.5. The van der Waals surface area contributed by atoms with Crippen LogP contribution in [-0.4, -0.2) is 29.1 Å². The van der Waals surface area contributed by atoms with Crippen molar-refractivity contribution in [1.82, 2.24) is 5.32 Å². The van der Waals surface area contributed by atoms with Crippen LogP contribution in [0.5, 0.6) is 0 Å². The van der Waals surface area contributed by atoms with Gasteiger partial charge in [-0.15, -0.1) is 0 Å². The van der Waals surface area contributed by atoms with Crippen LogP contribution in [0.3, 0.4) is 0 Å². The Morgan fingerprint density at radius 1 is 1.43 bits per heavy atom. The number of non-ortho nitro benzene ring substituents is 1. The van der Waals surface area contributed by atoms with Gasteiger partial charge in [0.05, 0.1) is 11.3 Å². The van der Waals surface area contributed by atoms with Crippen molar-refractivity contribution in [3.63, 3.8) is 0 Å². The summed E-state index contributed by atoms with van der Waals surface area (Å²) in [6, 6.07) is 6.08. The molecule has 0 aliphatic rings. The molecule has 0 heterocycles. The number of nitrogens with one attached hydrogen (secondary N) is 1. The van der Waals surface area contributed by atoms with E-state index in [1.807, 2.05) is 13.8 Å². The fourth-order valence-electron chi connectivity index (χ4n) is 1.90. The van der Waals surface area contributed by atoms with Gasteiger partial charge in [0.15, 0.2) is 0 Å². The van der Waals surface area contributed by atoms with E-state index in [4.69, 9.17) is 5.11 Å². The molecule has 21 heavy (non-hydrogen) atoms. The monoisotopic (exact) mass is 294 g/mol. The number of nitro benzene ring substituents is 1. The molecule has 1 aromatic carbocycles. The van der Waals surface area contributed by atoms with E-state index in [1.54, 1.807) is 12.1 Å². The van der Waals surface area contributed by atoms with Gasteiger partial charge in [0, 0.05) is 25.3 Å². The maximum atomic E-state index is 11.8. The number of rotatable bonds is 8. The van der Waals surface area contributed by atoms with Crippen molar-refractivity contribution in [2.45, 2.75) is 33.1 Å². The lowest BCUT2D eigenvalue weighted by atomic mass is 9.89. The number of nitro groups is 1. The lowest BCUT2D eigenvalue weighted by Gasteiger charge is -2.21. The number of aliphatic hydroxyl groups excluding tert-OH is 1. The van der Waals surface area contributed by atoms with Gasteiger partial charge in [-0.2, -0.15) is 0 Å². The zero-order valence-corrected chi connectivity index (χ0v) is 12.5. The Morgan fingerprint density at radius 3 is 2.76 bits per heavy atom. The Bertz CT molecular complexity index is 500. The second kappa shape index (κ2) is 7.73. The van der Waals surface area contributed by atoms with Crippen LogP contribution in [0.4, 0.5) is 5.69 Å². The van der Waals surface area contributed by atoms with Crippen molar-refractivity contribution in [2.24, 2.45) is 5.41 Å². The molecule has 1 aromatic rings. The zero-order chi connectivity index (χ0) is 15.9. The van der Waals surface area contributed by atoms with Crippen LogP contribution in [-0.2, 0) is 11.2 Å². The minimum Gasteiger partial charge on any atom is -0.396 e. The molecule has 1 amide bonds. The van der Waals surface area contributed by atoms with Crippen LogP contribution in [0.25, 0.3) is 0 Å². The number of amides is 1. The predicted octanol–water partition coefficient (Wildman–Crippen LogP) is 2.05. The second-order valence-electron chi connectivity index (χ2n) is 5.88. The van der Waals surface area contributed by atoms with E-state index in [0.29, 0.717) is 12.1 Å². The summed E-state index contributed by atoms with van der Waals surface area (Å²) in [6.45, 7) is 4.60. The van der Waals surface area contributed by atoms with Crippen molar-refractivity contribution in [3.05, 3.63) is 39.9 Å². The van der Waals surface area contributed by atoms with Gasteiger partial charge in [0.2, 0.25) is 5.91 Å². The van der Waals surface area contributed by atoms with Crippen molar-refractivity contribution in [2.75, 3.05) is 13.2 Å². The van der Waals surface area contributed by atoms with E-state index in [-0.39, 0.29) is 30.0 Å². The SMILES string of the molecule is CC(C)(CO)CCCNC(=O)Cc1cccc([N+](=O)[O-])c1. The van der Waals surface area contributed by atoms with Crippen molar-refractivity contribution < 1.29 is 14.8 Å². The molecule has 1 rings (SSSR count). The number of carbonyl (C=O) groups excluding carboxylic acids is 1. The van der Waals surface area contributed by atoms with Gasteiger partial charge in [-0.3, -0.25) is 14.9 Å². The van der Waals surface area contributed by atoms with Gasteiger partial charge >= 0.3 is 0 Å². The number of carbonyl (C=O) groups is 1. The van der Waals surface area contributed by atoms with Crippen LogP contribution in [0, 0.1) is 15.5 Å². The third-order valence-electron chi connectivity index (χ3n) is 3.27. The molecule has 0 unspecified atom stereocenters. The van der Waals surface area contributed by atoms with Crippen molar-refractivity contribution >= 4 is 11.6 Å². The highest BCUT2D eigenvalue weighted by molar-refractivity contribution is 5.78. The minimum atomic E-state index is -0.474. The molecule has 6 heteroatoms. The quantitative estimate of drug-likeness (QED) is 0.436. The fourth-order valence-corrected chi connectivity index (χ4v) is 1.90. The van der Waals surface area contributed by atoms with Crippen LogP contribution < -0.4 is 5.32 Å². The average molecular weight is 294 g/mol. The average Bonchev–Trinajstić information content (AvgIpc) is 2.44. The van der Waals surface area contributed by atoms with E-state index in [9.17, 15) is 14.9 Å². The summed E-state index contributed by atoms with van der Waals surface area (Å²) in [5.41, 5.74) is 0.479. The van der Waals surface area contributed by atoms with E-state index < -0.39 is 4.92 Å². The molecule has 6 nitrogen and oxygen atoms in total. The fraction of sp³-hybridized carbons (Fsp3) is 0.533. The molecule has 2 N–H and O–H groups in total. The molecule has 0 aliphatic carbocycles. The topological polar surface area (TPSA) is 92.5 Å². The smallest absolute Gasteiger partial charge is 0.269 e. The van der Waals surface area contributed by atoms with Crippen molar-refractivity contribution in [1.29, 1.82) is 0 Å². The molecule has 0 spiro atoms. The highest BCUT2D eigenvalue weighted by Crippen LogP contribution is 2.20. The molecule has 0 saturated heterocycles. The number of hydrogen-bond acceptors (Lipinski definition) is 4. The first-order chi connectivity index (χ1) is 9.84. The molecule has 0 aliphatic heterocycles. The highest BCUT2D eigenvalue weighted by atomic mass is 16.6. The summed E-state index contributed by atoms with van der Waals surface area (Å²) >= 11 is 0. The molecule has 0 radical (unpaired) electrons. The van der Waals surface area contributed by atoms with Crippen LogP contribution in [0.15, 0.2) is 24.3 Å². The van der Waals surface area contributed by atoms with Gasteiger partial charge in [0.25, 0.3) is 5.69 Å². The number of benzene rings is 1. The van der Waals surface area contributed by atoms with Gasteiger partial charge < -0.3 is 10.4 Å². The molecule has 0 bridgehead atoms. The summed E-state index contributed by atoms with van der Waals surface area (Å²) in [5.74, 6) is -0.155. The molecule has 116 valence electrons. The van der Waals surface area contributed by atoms with Gasteiger partial charge in [0.1, 0.15) is 0 Å². The normalized spacial score (nSPS) is 11.2. The Morgan fingerprint density at radius 2 is 2.14 bits per heavy atom. The second-order valence-corrected chi connectivity index (χ2v) is 5.88. The van der Waals surface area contributed by atoms with Crippen LogP contribution in [0.1, 0.15) is 32.3 Å². The number of nitrogens with zero attached hydrogens (tertiary/aromatic N) is 1. The maximum absolute atomic E-state index is 11.8. The van der Waals surface area contributed by atoms with Gasteiger partial charge in [-0.1, -0.05) is 26.0 Å². The van der Waals surface area contributed by atoms with Crippen LogP contribution >= 0.6 is 0 Å². The molecule has 0 aromatic heterocycles. The maximum Gasteiger partial charge on any atom is 0.269 e. The summed E-state index contributed by atoms with van der Waals surface area (Å²) in [6.07, 6.45) is 1.74. The van der Waals surface area contributed by atoms with E-state index in [1.165, 1.54) is 12.1 Å². The third-order valence-corrected chi connectivity index (χ3v) is 3.27. The standard InChI is InChI=1S/C15H22N2O4/c1-15(2,11-18)7-4-8-16-14(19)10-12-5-3-6-13(9-12)17(20)21/h3,5-6,9,18H,4,7-8,10-11H2,1-2H3,(H,16,19). The summed E-state index contributed by atoms with van der Waals surface area (Å²) in [7, 11) is 0. The van der Waals surface area contributed by atoms with E-state index in [2.05, 4.69) is 5.32 Å². The molecule has 0 saturated carbocycles. The molecular formula is C15H22N2O4. The van der Waals surface area contributed by atoms with Gasteiger partial charge in [-0.25, -0.2) is 0 Å². The molecular weight excluding hydrogens is 272 g/mol. The Balaban J connectivity index is 2.37. The number of hydrogen-bond donors (Lipinski definition) is 2. The van der Waals surface area contributed by atoms with Gasteiger partial charge in [-0.05, 0) is 23.8 Å². The Kier molecular flexibility index (Phi) is 6.30. The van der Waals surface area contributed by atoms with Crippen molar-refractivity contribution in [3.8, 4) is 0 Å². The first-order valence-electron chi connectivity index (χ1n) is 6.95. The highest BCUT2D eigenvalue weighted by Gasteiger charge is 2.15. The molecule has 0 fully saturated rings. The summed E-state index contributed by atoms with van der Waals surface area (Å²) in [4.78, 5) is 21.9.